The van der Waals surface area contributed by atoms with Crippen LogP contribution >= 0.6 is 22.9 Å². The van der Waals surface area contributed by atoms with Crippen LogP contribution in [0.5, 0.6) is 0 Å². The number of benzene rings is 1. The Labute approximate surface area is 163 Å². The molecule has 0 saturated carbocycles. The first-order valence-electron chi connectivity index (χ1n) is 8.36. The van der Waals surface area contributed by atoms with Gasteiger partial charge in [0.2, 0.25) is 0 Å². The fraction of sp³-hybridized carbons (Fsp3) is 0.222. The lowest BCUT2D eigenvalue weighted by molar-refractivity contribution is 0.100. The standard InChI is InChI=1S/C18H15ClFN5OS/c19-14-8-11(16(21)26)17(25-24-14)22-12-2-1-3-13-15(12)23-18(27-13)9-4-6-10(20)7-5-9/h4-8,12H,1-3H2,(H2,21,26)(H,22,25). The van der Waals surface area contributed by atoms with Crippen LogP contribution in [0, 0.1) is 5.82 Å². The average molecular weight is 404 g/mol. The highest BCUT2D eigenvalue weighted by Crippen LogP contribution is 2.38. The first-order valence-corrected chi connectivity index (χ1v) is 9.56. The molecule has 1 unspecified atom stereocenters. The SMILES string of the molecule is NC(=O)c1cc(Cl)nnc1NC1CCCc2sc(-c3ccc(F)cc3)nc21. The molecule has 0 fully saturated rings. The molecule has 0 bridgehead atoms. The van der Waals surface area contributed by atoms with Gasteiger partial charge in [-0.1, -0.05) is 11.6 Å². The van der Waals surface area contributed by atoms with E-state index in [1.165, 1.54) is 23.1 Å². The molecule has 0 spiro atoms. The summed E-state index contributed by atoms with van der Waals surface area (Å²) in [6, 6.07) is 7.57. The Hall–Kier alpha value is -2.58. The van der Waals surface area contributed by atoms with E-state index < -0.39 is 5.91 Å². The second-order valence-corrected chi connectivity index (χ2v) is 7.69. The lowest BCUT2D eigenvalue weighted by Crippen LogP contribution is -2.21. The molecule has 0 aliphatic heterocycles. The number of rotatable bonds is 4. The number of nitrogens with two attached hydrogens (primary N) is 1. The molecule has 6 nitrogen and oxygen atoms in total. The second-order valence-electron chi connectivity index (χ2n) is 6.22. The van der Waals surface area contributed by atoms with Crippen molar-refractivity contribution in [3.8, 4) is 10.6 Å². The normalized spacial score (nSPS) is 16.0. The number of nitrogens with one attached hydrogen (secondary N) is 1. The number of hydrogen-bond donors (Lipinski definition) is 2. The van der Waals surface area contributed by atoms with Crippen molar-refractivity contribution in [3.63, 3.8) is 0 Å². The van der Waals surface area contributed by atoms with Crippen molar-refractivity contribution in [1.82, 2.24) is 15.2 Å². The molecule has 4 rings (SSSR count). The van der Waals surface area contributed by atoms with Gasteiger partial charge in [-0.15, -0.1) is 21.5 Å². The number of aryl methyl sites for hydroxylation is 1. The molecule has 138 valence electrons. The molecule has 0 saturated heterocycles. The van der Waals surface area contributed by atoms with E-state index in [4.69, 9.17) is 22.3 Å². The van der Waals surface area contributed by atoms with Crippen molar-refractivity contribution < 1.29 is 9.18 Å². The topological polar surface area (TPSA) is 93.8 Å². The summed E-state index contributed by atoms with van der Waals surface area (Å²) < 4.78 is 13.2. The maximum Gasteiger partial charge on any atom is 0.252 e. The van der Waals surface area contributed by atoms with Crippen molar-refractivity contribution in [1.29, 1.82) is 0 Å². The number of carbonyl (C=O) groups is 1. The number of amides is 1. The van der Waals surface area contributed by atoms with E-state index in [0.29, 0.717) is 5.82 Å². The van der Waals surface area contributed by atoms with E-state index in [1.807, 2.05) is 0 Å². The predicted molar refractivity (Wildman–Crippen MR) is 102 cm³/mol. The zero-order valence-electron chi connectivity index (χ0n) is 14.1. The van der Waals surface area contributed by atoms with Gasteiger partial charge < -0.3 is 11.1 Å². The highest BCUT2D eigenvalue weighted by molar-refractivity contribution is 7.15. The maximum atomic E-state index is 13.2. The third-order valence-electron chi connectivity index (χ3n) is 4.39. The molecule has 1 aliphatic rings. The van der Waals surface area contributed by atoms with Crippen LogP contribution in [-0.4, -0.2) is 21.1 Å². The third kappa shape index (κ3) is 3.63. The van der Waals surface area contributed by atoms with Gasteiger partial charge in [0.25, 0.3) is 5.91 Å². The zero-order valence-corrected chi connectivity index (χ0v) is 15.6. The Morgan fingerprint density at radius 1 is 1.30 bits per heavy atom. The van der Waals surface area contributed by atoms with Crippen molar-refractivity contribution >= 4 is 34.7 Å². The quantitative estimate of drug-likeness (QED) is 0.687. The molecule has 1 aliphatic carbocycles. The van der Waals surface area contributed by atoms with Crippen LogP contribution in [0.2, 0.25) is 5.15 Å². The van der Waals surface area contributed by atoms with Gasteiger partial charge in [-0.05, 0) is 49.6 Å². The van der Waals surface area contributed by atoms with Crippen molar-refractivity contribution in [2.75, 3.05) is 5.32 Å². The maximum absolute atomic E-state index is 13.2. The summed E-state index contributed by atoms with van der Waals surface area (Å²) in [5, 5.41) is 12.0. The summed E-state index contributed by atoms with van der Waals surface area (Å²) in [5.41, 5.74) is 7.41. The van der Waals surface area contributed by atoms with Crippen LogP contribution in [0.3, 0.4) is 0 Å². The lowest BCUT2D eigenvalue weighted by Gasteiger charge is -2.23. The van der Waals surface area contributed by atoms with Gasteiger partial charge >= 0.3 is 0 Å². The van der Waals surface area contributed by atoms with E-state index in [0.717, 1.165) is 35.5 Å². The van der Waals surface area contributed by atoms with Crippen LogP contribution in [0.15, 0.2) is 30.3 Å². The first-order chi connectivity index (χ1) is 13.0. The molecule has 3 N–H and O–H groups in total. The summed E-state index contributed by atoms with van der Waals surface area (Å²) in [6.45, 7) is 0. The van der Waals surface area contributed by atoms with Gasteiger partial charge in [-0.3, -0.25) is 4.79 Å². The monoisotopic (exact) mass is 403 g/mol. The first kappa shape index (κ1) is 17.8. The highest BCUT2D eigenvalue weighted by Gasteiger charge is 2.27. The van der Waals surface area contributed by atoms with Gasteiger partial charge in [0, 0.05) is 10.4 Å². The summed E-state index contributed by atoms with van der Waals surface area (Å²) >= 11 is 7.42. The Bertz CT molecular complexity index is 1010. The fourth-order valence-corrected chi connectivity index (χ4v) is 4.42. The van der Waals surface area contributed by atoms with E-state index in [9.17, 15) is 9.18 Å². The average Bonchev–Trinajstić information content (AvgIpc) is 3.09. The molecular weight excluding hydrogens is 389 g/mol. The number of halogens is 2. The smallest absolute Gasteiger partial charge is 0.252 e. The van der Waals surface area contributed by atoms with Gasteiger partial charge in [0.15, 0.2) is 11.0 Å². The predicted octanol–water partition coefficient (Wildman–Crippen LogP) is 3.98. The number of thiazole rings is 1. The molecule has 0 radical (unpaired) electrons. The number of hydrogen-bond acceptors (Lipinski definition) is 6. The van der Waals surface area contributed by atoms with Gasteiger partial charge in [0.1, 0.15) is 10.8 Å². The van der Waals surface area contributed by atoms with E-state index in [1.54, 1.807) is 23.5 Å². The summed E-state index contributed by atoms with van der Waals surface area (Å²) in [7, 11) is 0. The largest absolute Gasteiger partial charge is 0.365 e. The minimum atomic E-state index is -0.629. The summed E-state index contributed by atoms with van der Waals surface area (Å²) in [5.74, 6) is -0.614. The number of carbonyl (C=O) groups excluding carboxylic acids is 1. The minimum absolute atomic E-state index is 0.103. The number of primary amides is 1. The number of anilines is 1. The van der Waals surface area contributed by atoms with E-state index in [-0.39, 0.29) is 22.6 Å². The van der Waals surface area contributed by atoms with E-state index in [2.05, 4.69) is 15.5 Å². The van der Waals surface area contributed by atoms with Crippen LogP contribution < -0.4 is 11.1 Å². The second kappa shape index (κ2) is 7.21. The van der Waals surface area contributed by atoms with Gasteiger partial charge in [0.05, 0.1) is 17.3 Å². The molecule has 27 heavy (non-hydrogen) atoms. The lowest BCUT2D eigenvalue weighted by atomic mass is 9.97. The number of fused-ring (bicyclic) bond motifs is 1. The summed E-state index contributed by atoms with van der Waals surface area (Å²) in [6.07, 6.45) is 2.74. The minimum Gasteiger partial charge on any atom is -0.365 e. The molecule has 9 heteroatoms. The van der Waals surface area contributed by atoms with Crippen LogP contribution in [0.4, 0.5) is 10.2 Å². The number of nitrogens with zero attached hydrogens (tertiary/aromatic N) is 3. The van der Waals surface area contributed by atoms with Crippen molar-refractivity contribution in [2.45, 2.75) is 25.3 Å². The van der Waals surface area contributed by atoms with Crippen LogP contribution in [-0.2, 0) is 6.42 Å². The zero-order chi connectivity index (χ0) is 19.0. The Morgan fingerprint density at radius 3 is 2.81 bits per heavy atom. The molecule has 2 aromatic heterocycles. The Morgan fingerprint density at radius 2 is 2.07 bits per heavy atom. The molecular formula is C18H15ClFN5OS. The van der Waals surface area contributed by atoms with Crippen molar-refractivity contribution in [3.05, 3.63) is 57.4 Å². The van der Waals surface area contributed by atoms with Crippen LogP contribution in [0.1, 0.15) is 39.8 Å². The Balaban J connectivity index is 1.66. The molecule has 1 aromatic carbocycles. The molecule has 1 amide bonds. The fourth-order valence-electron chi connectivity index (χ4n) is 3.10. The van der Waals surface area contributed by atoms with E-state index >= 15 is 0 Å². The van der Waals surface area contributed by atoms with Gasteiger partial charge in [-0.25, -0.2) is 9.37 Å². The third-order valence-corrected chi connectivity index (χ3v) is 5.75. The van der Waals surface area contributed by atoms with Gasteiger partial charge in [-0.2, -0.15) is 0 Å². The molecule has 2 heterocycles. The Kier molecular flexibility index (Phi) is 4.75. The van der Waals surface area contributed by atoms with Crippen molar-refractivity contribution in [2.24, 2.45) is 5.73 Å². The van der Waals surface area contributed by atoms with Crippen LogP contribution in [0.25, 0.3) is 10.6 Å². The molecule has 3 aromatic rings. The number of aromatic nitrogens is 3. The molecule has 1 atom stereocenters. The summed E-state index contributed by atoms with van der Waals surface area (Å²) in [4.78, 5) is 17.6. The highest BCUT2D eigenvalue weighted by atomic mass is 35.5.